The van der Waals surface area contributed by atoms with Crippen LogP contribution in [-0.2, 0) is 23.8 Å². The summed E-state index contributed by atoms with van der Waals surface area (Å²) >= 11 is 0. The van der Waals surface area contributed by atoms with Gasteiger partial charge in [-0.15, -0.1) is 0 Å². The van der Waals surface area contributed by atoms with Crippen molar-refractivity contribution in [2.75, 3.05) is 20.8 Å². The highest BCUT2D eigenvalue weighted by molar-refractivity contribution is 5.96. The molecule has 114 valence electrons. The van der Waals surface area contributed by atoms with Crippen molar-refractivity contribution in [3.8, 4) is 0 Å². The average Bonchev–Trinajstić information content (AvgIpc) is 3.05. The van der Waals surface area contributed by atoms with Crippen LogP contribution in [0.5, 0.6) is 0 Å². The fraction of sp³-hybridized carbons (Fsp3) is 0.533. The van der Waals surface area contributed by atoms with Crippen LogP contribution in [0.1, 0.15) is 24.3 Å². The van der Waals surface area contributed by atoms with Gasteiger partial charge in [-0.2, -0.15) is 0 Å². The molecule has 1 aromatic heterocycles. The summed E-state index contributed by atoms with van der Waals surface area (Å²) in [6, 6.07) is 3.60. The fourth-order valence-corrected chi connectivity index (χ4v) is 2.72. The van der Waals surface area contributed by atoms with Gasteiger partial charge in [-0.3, -0.25) is 14.6 Å². The second-order valence-corrected chi connectivity index (χ2v) is 4.89. The van der Waals surface area contributed by atoms with Gasteiger partial charge in [0.2, 0.25) is 0 Å². The molecule has 6 nitrogen and oxygen atoms in total. The predicted molar refractivity (Wildman–Crippen MR) is 73.5 cm³/mol. The molecule has 2 rings (SSSR count). The summed E-state index contributed by atoms with van der Waals surface area (Å²) < 4.78 is 15.3. The SMILES string of the molecule is COC(=O)C(C(=O)OC)C(c1cccnc1)C1CCCO1. The highest BCUT2D eigenvalue weighted by atomic mass is 16.5. The van der Waals surface area contributed by atoms with Crippen molar-refractivity contribution in [1.82, 2.24) is 4.98 Å². The van der Waals surface area contributed by atoms with E-state index in [1.807, 2.05) is 6.07 Å². The fourth-order valence-electron chi connectivity index (χ4n) is 2.72. The van der Waals surface area contributed by atoms with E-state index in [0.717, 1.165) is 18.4 Å². The molecule has 0 saturated carbocycles. The van der Waals surface area contributed by atoms with Crippen molar-refractivity contribution in [2.45, 2.75) is 24.9 Å². The lowest BCUT2D eigenvalue weighted by Crippen LogP contribution is -2.37. The zero-order valence-corrected chi connectivity index (χ0v) is 12.2. The number of esters is 2. The van der Waals surface area contributed by atoms with Gasteiger partial charge in [-0.1, -0.05) is 6.07 Å². The van der Waals surface area contributed by atoms with Crippen molar-refractivity contribution < 1.29 is 23.8 Å². The van der Waals surface area contributed by atoms with Crippen molar-refractivity contribution >= 4 is 11.9 Å². The van der Waals surface area contributed by atoms with Crippen molar-refractivity contribution in [2.24, 2.45) is 5.92 Å². The third kappa shape index (κ3) is 3.39. The first-order valence-corrected chi connectivity index (χ1v) is 6.86. The Bertz CT molecular complexity index is 468. The zero-order valence-electron chi connectivity index (χ0n) is 12.2. The van der Waals surface area contributed by atoms with E-state index >= 15 is 0 Å². The second kappa shape index (κ2) is 7.17. The molecular weight excluding hydrogens is 274 g/mol. The molecule has 6 heteroatoms. The molecule has 0 bridgehead atoms. The minimum absolute atomic E-state index is 0.225. The summed E-state index contributed by atoms with van der Waals surface area (Å²) in [5, 5.41) is 0. The Morgan fingerprint density at radius 3 is 2.52 bits per heavy atom. The maximum Gasteiger partial charge on any atom is 0.320 e. The average molecular weight is 293 g/mol. The molecule has 1 aliphatic heterocycles. The summed E-state index contributed by atoms with van der Waals surface area (Å²) in [4.78, 5) is 28.2. The lowest BCUT2D eigenvalue weighted by molar-refractivity contribution is -0.161. The van der Waals surface area contributed by atoms with E-state index in [0.29, 0.717) is 6.61 Å². The molecular formula is C15H19NO5. The van der Waals surface area contributed by atoms with E-state index in [1.54, 1.807) is 18.5 Å². The first-order valence-electron chi connectivity index (χ1n) is 6.86. The lowest BCUT2D eigenvalue weighted by atomic mass is 9.81. The molecule has 1 fully saturated rings. The predicted octanol–water partition coefficient (Wildman–Crippen LogP) is 1.31. The number of carbonyl (C=O) groups is 2. The van der Waals surface area contributed by atoms with Gasteiger partial charge < -0.3 is 14.2 Å². The van der Waals surface area contributed by atoms with Gasteiger partial charge in [0.05, 0.1) is 20.3 Å². The Morgan fingerprint density at radius 2 is 2.05 bits per heavy atom. The smallest absolute Gasteiger partial charge is 0.320 e. The molecule has 0 spiro atoms. The number of rotatable bonds is 5. The standard InChI is InChI=1S/C15H19NO5/c1-19-14(17)13(15(18)20-2)12(11-6-4-8-21-11)10-5-3-7-16-9-10/h3,5,7,9,11-13H,4,6,8H2,1-2H3. The third-order valence-corrected chi connectivity index (χ3v) is 3.70. The number of hydrogen-bond donors (Lipinski definition) is 0. The highest BCUT2D eigenvalue weighted by Crippen LogP contribution is 2.36. The van der Waals surface area contributed by atoms with Gasteiger partial charge in [-0.05, 0) is 24.5 Å². The summed E-state index contributed by atoms with van der Waals surface area (Å²) in [5.41, 5.74) is 0.769. The zero-order chi connectivity index (χ0) is 15.2. The van der Waals surface area contributed by atoms with E-state index < -0.39 is 23.8 Å². The van der Waals surface area contributed by atoms with Crippen LogP contribution in [0.3, 0.4) is 0 Å². The molecule has 1 saturated heterocycles. The van der Waals surface area contributed by atoms with Gasteiger partial charge in [0, 0.05) is 24.9 Å². The summed E-state index contributed by atoms with van der Waals surface area (Å²) in [6.45, 7) is 0.622. The quantitative estimate of drug-likeness (QED) is 0.602. The molecule has 2 heterocycles. The number of methoxy groups -OCH3 is 2. The number of nitrogens with zero attached hydrogens (tertiary/aromatic N) is 1. The Hall–Kier alpha value is -1.95. The van der Waals surface area contributed by atoms with E-state index in [-0.39, 0.29) is 6.10 Å². The Labute approximate surface area is 123 Å². The van der Waals surface area contributed by atoms with Gasteiger partial charge in [-0.25, -0.2) is 0 Å². The van der Waals surface area contributed by atoms with E-state index in [2.05, 4.69) is 4.98 Å². The largest absolute Gasteiger partial charge is 0.468 e. The van der Waals surface area contributed by atoms with E-state index in [4.69, 9.17) is 14.2 Å². The first-order chi connectivity index (χ1) is 10.2. The monoisotopic (exact) mass is 293 g/mol. The molecule has 0 aliphatic carbocycles. The van der Waals surface area contributed by atoms with Gasteiger partial charge >= 0.3 is 11.9 Å². The molecule has 0 aromatic carbocycles. The van der Waals surface area contributed by atoms with E-state index in [1.165, 1.54) is 14.2 Å². The Morgan fingerprint density at radius 1 is 1.33 bits per heavy atom. The molecule has 21 heavy (non-hydrogen) atoms. The number of carbonyl (C=O) groups excluding carboxylic acids is 2. The topological polar surface area (TPSA) is 74.7 Å². The molecule has 1 aliphatic rings. The molecule has 2 atom stereocenters. The second-order valence-electron chi connectivity index (χ2n) is 4.89. The molecule has 0 amide bonds. The van der Waals surface area contributed by atoms with Crippen LogP contribution in [0.25, 0.3) is 0 Å². The molecule has 2 unspecified atom stereocenters. The number of aromatic nitrogens is 1. The lowest BCUT2D eigenvalue weighted by Gasteiger charge is -2.28. The van der Waals surface area contributed by atoms with Crippen molar-refractivity contribution in [3.63, 3.8) is 0 Å². The van der Waals surface area contributed by atoms with Crippen LogP contribution in [0.15, 0.2) is 24.5 Å². The number of hydrogen-bond acceptors (Lipinski definition) is 6. The van der Waals surface area contributed by atoms with Crippen LogP contribution in [0, 0.1) is 5.92 Å². The van der Waals surface area contributed by atoms with Crippen LogP contribution in [-0.4, -0.2) is 43.9 Å². The van der Waals surface area contributed by atoms with Crippen LogP contribution in [0.2, 0.25) is 0 Å². The first kappa shape index (κ1) is 15.4. The molecule has 1 aromatic rings. The third-order valence-electron chi connectivity index (χ3n) is 3.70. The number of ether oxygens (including phenoxy) is 3. The maximum atomic E-state index is 12.1. The Balaban J connectivity index is 2.40. The maximum absolute atomic E-state index is 12.1. The summed E-state index contributed by atoms with van der Waals surface area (Å²) in [5.74, 6) is -2.74. The minimum atomic E-state index is -1.05. The van der Waals surface area contributed by atoms with Crippen LogP contribution in [0.4, 0.5) is 0 Å². The molecule has 0 N–H and O–H groups in total. The van der Waals surface area contributed by atoms with Crippen molar-refractivity contribution in [3.05, 3.63) is 30.1 Å². The normalized spacial score (nSPS) is 19.3. The van der Waals surface area contributed by atoms with Gasteiger partial charge in [0.15, 0.2) is 5.92 Å². The summed E-state index contributed by atoms with van der Waals surface area (Å²) in [6.07, 6.45) is 4.74. The summed E-state index contributed by atoms with van der Waals surface area (Å²) in [7, 11) is 2.52. The highest BCUT2D eigenvalue weighted by Gasteiger charge is 2.43. The number of pyridine rings is 1. The van der Waals surface area contributed by atoms with Crippen LogP contribution < -0.4 is 0 Å². The minimum Gasteiger partial charge on any atom is -0.468 e. The van der Waals surface area contributed by atoms with Gasteiger partial charge in [0.1, 0.15) is 0 Å². The Kier molecular flexibility index (Phi) is 5.27. The van der Waals surface area contributed by atoms with Crippen molar-refractivity contribution in [1.29, 1.82) is 0 Å². The van der Waals surface area contributed by atoms with Gasteiger partial charge in [0.25, 0.3) is 0 Å². The van der Waals surface area contributed by atoms with E-state index in [9.17, 15) is 9.59 Å². The molecule has 0 radical (unpaired) electrons. The van der Waals surface area contributed by atoms with Crippen LogP contribution >= 0.6 is 0 Å².